The molecule has 0 saturated carbocycles. The van der Waals surface area contributed by atoms with Gasteiger partial charge >= 0.3 is 5.97 Å². The summed E-state index contributed by atoms with van der Waals surface area (Å²) in [6, 6.07) is 12.4. The Labute approximate surface area is 176 Å². The minimum absolute atomic E-state index is 0.155. The van der Waals surface area contributed by atoms with E-state index in [-0.39, 0.29) is 22.5 Å². The Bertz CT molecular complexity index is 839. The van der Waals surface area contributed by atoms with Gasteiger partial charge in [-0.15, -0.1) is 0 Å². The summed E-state index contributed by atoms with van der Waals surface area (Å²) in [4.78, 5) is 24.7. The number of esters is 1. The molecule has 7 heteroatoms. The van der Waals surface area contributed by atoms with Gasteiger partial charge in [-0.2, -0.15) is 0 Å². The molecule has 2 aromatic rings. The first kappa shape index (κ1) is 22.6. The lowest BCUT2D eigenvalue weighted by Crippen LogP contribution is -2.33. The Morgan fingerprint density at radius 2 is 1.76 bits per heavy atom. The van der Waals surface area contributed by atoms with Crippen molar-refractivity contribution in [3.05, 3.63) is 58.6 Å². The second-order valence-electron chi connectivity index (χ2n) is 6.93. The van der Waals surface area contributed by atoms with E-state index >= 15 is 0 Å². The van der Waals surface area contributed by atoms with Crippen molar-refractivity contribution in [3.63, 3.8) is 0 Å². The van der Waals surface area contributed by atoms with E-state index in [0.717, 1.165) is 12.0 Å². The molecule has 0 fully saturated rings. The Balaban J connectivity index is 2.02. The van der Waals surface area contributed by atoms with Crippen LogP contribution in [0, 0.1) is 5.92 Å². The van der Waals surface area contributed by atoms with E-state index in [4.69, 9.17) is 25.8 Å². The lowest BCUT2D eigenvalue weighted by atomic mass is 9.97. The van der Waals surface area contributed by atoms with Crippen molar-refractivity contribution in [1.29, 1.82) is 0 Å². The molecule has 1 atom stereocenters. The van der Waals surface area contributed by atoms with Crippen molar-refractivity contribution in [2.75, 3.05) is 20.8 Å². The molecule has 0 bridgehead atoms. The minimum Gasteiger partial charge on any atom is -0.493 e. The van der Waals surface area contributed by atoms with Crippen LogP contribution in [-0.2, 0) is 9.53 Å². The Morgan fingerprint density at radius 3 is 2.34 bits per heavy atom. The highest BCUT2D eigenvalue weighted by molar-refractivity contribution is 6.32. The van der Waals surface area contributed by atoms with Gasteiger partial charge in [0, 0.05) is 0 Å². The third-order valence-corrected chi connectivity index (χ3v) is 4.53. The number of halogens is 1. The first-order chi connectivity index (χ1) is 13.8. The maximum atomic E-state index is 12.4. The fourth-order valence-corrected chi connectivity index (χ4v) is 3.21. The predicted molar refractivity (Wildman–Crippen MR) is 112 cm³/mol. The average Bonchev–Trinajstić information content (AvgIpc) is 2.71. The topological polar surface area (TPSA) is 73.9 Å². The summed E-state index contributed by atoms with van der Waals surface area (Å²) < 4.78 is 15.5. The summed E-state index contributed by atoms with van der Waals surface area (Å²) in [6.07, 6.45) is 0.773. The van der Waals surface area contributed by atoms with Crippen LogP contribution in [0.4, 0.5) is 0 Å². The summed E-state index contributed by atoms with van der Waals surface area (Å²) in [7, 11) is 2.89. The van der Waals surface area contributed by atoms with Crippen LogP contribution in [0.2, 0.25) is 5.02 Å². The number of methoxy groups -OCH3 is 2. The van der Waals surface area contributed by atoms with E-state index in [1.807, 2.05) is 30.3 Å². The summed E-state index contributed by atoms with van der Waals surface area (Å²) in [5.74, 6) is -0.0418. The largest absolute Gasteiger partial charge is 0.493 e. The maximum Gasteiger partial charge on any atom is 0.338 e. The highest BCUT2D eigenvalue weighted by Gasteiger charge is 2.19. The number of nitrogens with one attached hydrogen (secondary N) is 1. The number of hydrogen-bond donors (Lipinski definition) is 1. The predicted octanol–water partition coefficient (Wildman–Crippen LogP) is 4.42. The van der Waals surface area contributed by atoms with Gasteiger partial charge in [0.15, 0.2) is 18.1 Å². The van der Waals surface area contributed by atoms with Gasteiger partial charge in [0.1, 0.15) is 0 Å². The number of carbonyl (C=O) groups excluding carboxylic acids is 2. The quantitative estimate of drug-likeness (QED) is 0.609. The van der Waals surface area contributed by atoms with Crippen molar-refractivity contribution in [3.8, 4) is 11.5 Å². The van der Waals surface area contributed by atoms with E-state index in [0.29, 0.717) is 17.4 Å². The van der Waals surface area contributed by atoms with Crippen LogP contribution >= 0.6 is 11.6 Å². The third kappa shape index (κ3) is 6.39. The van der Waals surface area contributed by atoms with Crippen LogP contribution in [0.3, 0.4) is 0 Å². The smallest absolute Gasteiger partial charge is 0.338 e. The van der Waals surface area contributed by atoms with Crippen LogP contribution < -0.4 is 14.8 Å². The van der Waals surface area contributed by atoms with Gasteiger partial charge in [0.2, 0.25) is 0 Å². The molecule has 2 aromatic carbocycles. The Morgan fingerprint density at radius 1 is 1.07 bits per heavy atom. The van der Waals surface area contributed by atoms with Gasteiger partial charge in [-0.05, 0) is 30.0 Å². The van der Waals surface area contributed by atoms with E-state index in [2.05, 4.69) is 19.2 Å². The number of benzene rings is 2. The summed E-state index contributed by atoms with van der Waals surface area (Å²) in [5.41, 5.74) is 1.18. The van der Waals surface area contributed by atoms with Crippen LogP contribution in [0.25, 0.3) is 0 Å². The average molecular weight is 420 g/mol. The molecule has 0 aliphatic heterocycles. The molecule has 156 valence electrons. The van der Waals surface area contributed by atoms with Crippen LogP contribution in [0.1, 0.15) is 42.2 Å². The highest BCUT2D eigenvalue weighted by atomic mass is 35.5. The van der Waals surface area contributed by atoms with Crippen molar-refractivity contribution in [2.45, 2.75) is 26.3 Å². The standard InChI is InChI=1S/C22H26ClNO5/c1-14(2)10-18(15-8-6-5-7-9-15)24-20(25)13-29-22(26)16-11-17(23)21(28-4)19(12-16)27-3/h5-9,11-12,14,18H,10,13H2,1-4H3,(H,24,25)/t18-/m0/s1. The van der Waals surface area contributed by atoms with Gasteiger partial charge in [-0.25, -0.2) is 4.79 Å². The molecule has 0 heterocycles. The number of hydrogen-bond acceptors (Lipinski definition) is 5. The molecular weight excluding hydrogens is 394 g/mol. The third-order valence-electron chi connectivity index (χ3n) is 4.25. The second-order valence-corrected chi connectivity index (χ2v) is 7.34. The molecule has 2 rings (SSSR count). The lowest BCUT2D eigenvalue weighted by molar-refractivity contribution is -0.125. The molecule has 0 radical (unpaired) electrons. The SMILES string of the molecule is COc1cc(C(=O)OCC(=O)N[C@@H](CC(C)C)c2ccccc2)cc(Cl)c1OC. The maximum absolute atomic E-state index is 12.4. The van der Waals surface area contributed by atoms with Crippen molar-refractivity contribution in [2.24, 2.45) is 5.92 Å². The van der Waals surface area contributed by atoms with Crippen molar-refractivity contribution >= 4 is 23.5 Å². The zero-order valence-corrected chi connectivity index (χ0v) is 17.8. The van der Waals surface area contributed by atoms with Gasteiger partial charge in [-0.1, -0.05) is 55.8 Å². The number of carbonyl (C=O) groups is 2. The fraction of sp³-hybridized carbons (Fsp3) is 0.364. The number of rotatable bonds is 9. The lowest BCUT2D eigenvalue weighted by Gasteiger charge is -2.21. The normalized spacial score (nSPS) is 11.7. The second kappa shape index (κ2) is 10.7. The van der Waals surface area contributed by atoms with E-state index in [1.165, 1.54) is 26.4 Å². The van der Waals surface area contributed by atoms with Gasteiger partial charge in [-0.3, -0.25) is 4.79 Å². The van der Waals surface area contributed by atoms with Gasteiger partial charge < -0.3 is 19.5 Å². The van der Waals surface area contributed by atoms with E-state index in [1.54, 1.807) is 0 Å². The fourth-order valence-electron chi connectivity index (χ4n) is 2.92. The number of amides is 1. The van der Waals surface area contributed by atoms with Crippen molar-refractivity contribution in [1.82, 2.24) is 5.32 Å². The Kier molecular flexibility index (Phi) is 8.34. The molecule has 0 aliphatic rings. The molecule has 0 unspecified atom stereocenters. The van der Waals surface area contributed by atoms with Crippen LogP contribution in [-0.4, -0.2) is 32.7 Å². The van der Waals surface area contributed by atoms with Gasteiger partial charge in [0.05, 0.1) is 30.8 Å². The number of ether oxygens (including phenoxy) is 3. The van der Waals surface area contributed by atoms with Crippen LogP contribution in [0.5, 0.6) is 11.5 Å². The summed E-state index contributed by atoms with van der Waals surface area (Å²) >= 11 is 6.11. The minimum atomic E-state index is -0.678. The first-order valence-electron chi connectivity index (χ1n) is 9.28. The molecule has 29 heavy (non-hydrogen) atoms. The van der Waals surface area contributed by atoms with Crippen LogP contribution in [0.15, 0.2) is 42.5 Å². The molecule has 0 aliphatic carbocycles. The molecule has 0 saturated heterocycles. The summed E-state index contributed by atoms with van der Waals surface area (Å²) in [6.45, 7) is 3.78. The zero-order chi connectivity index (χ0) is 21.4. The van der Waals surface area contributed by atoms with Crippen molar-refractivity contribution < 1.29 is 23.8 Å². The first-order valence-corrected chi connectivity index (χ1v) is 9.66. The molecule has 6 nitrogen and oxygen atoms in total. The van der Waals surface area contributed by atoms with E-state index < -0.39 is 12.6 Å². The highest BCUT2D eigenvalue weighted by Crippen LogP contribution is 2.36. The Hall–Kier alpha value is -2.73. The molecule has 1 N–H and O–H groups in total. The molecule has 0 spiro atoms. The zero-order valence-electron chi connectivity index (χ0n) is 17.0. The molecule has 1 amide bonds. The summed E-state index contributed by atoms with van der Waals surface area (Å²) in [5, 5.41) is 3.15. The monoisotopic (exact) mass is 419 g/mol. The van der Waals surface area contributed by atoms with Gasteiger partial charge in [0.25, 0.3) is 5.91 Å². The molecular formula is C22H26ClNO5. The van der Waals surface area contributed by atoms with E-state index in [9.17, 15) is 9.59 Å². The molecule has 0 aromatic heterocycles.